The van der Waals surface area contributed by atoms with E-state index in [9.17, 15) is 22.8 Å². The van der Waals surface area contributed by atoms with Gasteiger partial charge in [0.1, 0.15) is 5.84 Å². The molecule has 8 heteroatoms. The van der Waals surface area contributed by atoms with Crippen molar-refractivity contribution >= 4 is 17.6 Å². The Hall–Kier alpha value is -3.16. The van der Waals surface area contributed by atoms with Crippen molar-refractivity contribution in [2.75, 3.05) is 6.54 Å². The first-order valence-electron chi connectivity index (χ1n) is 9.17. The van der Waals surface area contributed by atoms with Crippen LogP contribution in [0.3, 0.4) is 0 Å². The van der Waals surface area contributed by atoms with Crippen LogP contribution >= 0.6 is 0 Å². The Labute approximate surface area is 166 Å². The molecule has 3 rings (SSSR count). The molecular formula is C21H20F3N3O2. The minimum absolute atomic E-state index is 0.00357. The quantitative estimate of drug-likeness (QED) is 0.805. The summed E-state index contributed by atoms with van der Waals surface area (Å²) in [6.45, 7) is 1.41. The highest BCUT2D eigenvalue weighted by Crippen LogP contribution is 2.38. The molecule has 2 aromatic rings. The predicted molar refractivity (Wildman–Crippen MR) is 102 cm³/mol. The lowest BCUT2D eigenvalue weighted by atomic mass is 10.1. The molecule has 2 aromatic carbocycles. The Bertz CT molecular complexity index is 914. The largest absolute Gasteiger partial charge is 0.442 e. The van der Waals surface area contributed by atoms with E-state index in [1.165, 1.54) is 6.92 Å². The van der Waals surface area contributed by atoms with E-state index in [1.807, 2.05) is 35.6 Å². The molecule has 0 saturated heterocycles. The Morgan fingerprint density at radius 2 is 1.66 bits per heavy atom. The average molecular weight is 403 g/mol. The van der Waals surface area contributed by atoms with Crippen molar-refractivity contribution in [3.8, 4) is 0 Å². The summed E-state index contributed by atoms with van der Waals surface area (Å²) in [7, 11) is 0. The maximum Gasteiger partial charge on any atom is 0.442 e. The highest BCUT2D eigenvalue weighted by molar-refractivity contribution is 6.16. The second-order valence-corrected chi connectivity index (χ2v) is 6.60. The Morgan fingerprint density at radius 1 is 1.07 bits per heavy atom. The van der Waals surface area contributed by atoms with Crippen LogP contribution in [-0.4, -0.2) is 40.9 Å². The molecule has 1 aliphatic heterocycles. The van der Waals surface area contributed by atoms with Crippen molar-refractivity contribution in [1.82, 2.24) is 10.2 Å². The number of carbonyl (C=O) groups excluding carboxylic acids is 2. The first-order valence-corrected chi connectivity index (χ1v) is 9.17. The zero-order chi connectivity index (χ0) is 21.1. The number of nitrogens with one attached hydrogen (secondary N) is 1. The zero-order valence-electron chi connectivity index (χ0n) is 15.7. The van der Waals surface area contributed by atoms with Crippen LogP contribution in [0.5, 0.6) is 0 Å². The number of carbonyl (C=O) groups is 2. The highest BCUT2D eigenvalue weighted by atomic mass is 19.4. The molecule has 2 amide bonds. The summed E-state index contributed by atoms with van der Waals surface area (Å²) in [6.07, 6.45) is -4.95. The molecule has 0 radical (unpaired) electrons. The average Bonchev–Trinajstić information content (AvgIpc) is 3.00. The van der Waals surface area contributed by atoms with Crippen molar-refractivity contribution in [2.24, 2.45) is 4.99 Å². The summed E-state index contributed by atoms with van der Waals surface area (Å²) >= 11 is 0. The predicted octanol–water partition coefficient (Wildman–Crippen LogP) is 3.30. The zero-order valence-corrected chi connectivity index (χ0v) is 15.7. The van der Waals surface area contributed by atoms with Crippen molar-refractivity contribution in [2.45, 2.75) is 31.6 Å². The van der Waals surface area contributed by atoms with Crippen LogP contribution in [-0.2, 0) is 16.0 Å². The van der Waals surface area contributed by atoms with Gasteiger partial charge < -0.3 is 5.32 Å². The van der Waals surface area contributed by atoms with Crippen LogP contribution < -0.4 is 5.32 Å². The van der Waals surface area contributed by atoms with Gasteiger partial charge in [-0.25, -0.2) is 4.99 Å². The molecule has 0 spiro atoms. The van der Waals surface area contributed by atoms with Gasteiger partial charge in [-0.1, -0.05) is 67.6 Å². The normalized spacial score (nSPS) is 19.2. The summed E-state index contributed by atoms with van der Waals surface area (Å²) in [5.41, 5.74) is -2.08. The highest BCUT2D eigenvalue weighted by Gasteiger charge is 2.67. The summed E-state index contributed by atoms with van der Waals surface area (Å²) in [5.74, 6) is -2.32. The van der Waals surface area contributed by atoms with E-state index in [2.05, 4.69) is 4.99 Å². The van der Waals surface area contributed by atoms with Crippen molar-refractivity contribution in [1.29, 1.82) is 0 Å². The minimum Gasteiger partial charge on any atom is -0.316 e. The van der Waals surface area contributed by atoms with E-state index in [1.54, 1.807) is 30.3 Å². The van der Waals surface area contributed by atoms with Crippen molar-refractivity contribution < 1.29 is 22.8 Å². The molecule has 5 nitrogen and oxygen atoms in total. The number of alkyl halides is 3. The third-order valence-electron chi connectivity index (χ3n) is 4.63. The van der Waals surface area contributed by atoms with Gasteiger partial charge >= 0.3 is 11.8 Å². The fourth-order valence-corrected chi connectivity index (χ4v) is 3.09. The van der Waals surface area contributed by atoms with E-state index in [0.717, 1.165) is 10.5 Å². The molecule has 152 valence electrons. The van der Waals surface area contributed by atoms with Crippen molar-refractivity contribution in [3.63, 3.8) is 0 Å². The number of aliphatic imine (C=N–C) groups is 1. The van der Waals surface area contributed by atoms with Crippen LogP contribution in [0.4, 0.5) is 13.2 Å². The number of nitrogens with zero attached hydrogens (tertiary/aromatic N) is 2. The topological polar surface area (TPSA) is 61.8 Å². The van der Waals surface area contributed by atoms with Gasteiger partial charge in [0.15, 0.2) is 0 Å². The van der Waals surface area contributed by atoms with Crippen LogP contribution in [0, 0.1) is 0 Å². The number of hydrogen-bond donors (Lipinski definition) is 1. The van der Waals surface area contributed by atoms with Gasteiger partial charge in [0.05, 0.1) is 0 Å². The van der Waals surface area contributed by atoms with Gasteiger partial charge in [0.25, 0.3) is 5.91 Å². The van der Waals surface area contributed by atoms with E-state index in [4.69, 9.17) is 0 Å². The van der Waals surface area contributed by atoms with Crippen LogP contribution in [0.1, 0.15) is 24.5 Å². The Balaban J connectivity index is 2.03. The lowest BCUT2D eigenvalue weighted by molar-refractivity contribution is -0.200. The summed E-state index contributed by atoms with van der Waals surface area (Å²) < 4.78 is 42.1. The van der Waals surface area contributed by atoms with Gasteiger partial charge in [-0.15, -0.1) is 0 Å². The van der Waals surface area contributed by atoms with Gasteiger partial charge in [-0.2, -0.15) is 13.2 Å². The third kappa shape index (κ3) is 4.01. The van der Waals surface area contributed by atoms with E-state index in [0.29, 0.717) is 12.0 Å². The standard InChI is InChI=1S/C21H20F3N3O2/c1-2-17(28)25-20(21(22,23)24)19(29)27(14-13-15-9-5-3-6-10-15)18(26-20)16-11-7-4-8-12-16/h3-12H,2,13-14H2,1H3,(H,25,28)/t20-/m1/s1. The molecule has 0 aliphatic carbocycles. The molecule has 1 N–H and O–H groups in total. The lowest BCUT2D eigenvalue weighted by Gasteiger charge is -2.29. The Kier molecular flexibility index (Phi) is 5.72. The van der Waals surface area contributed by atoms with Gasteiger partial charge in [-0.3, -0.25) is 14.5 Å². The lowest BCUT2D eigenvalue weighted by Crippen LogP contribution is -2.63. The first-order chi connectivity index (χ1) is 13.8. The molecule has 0 bridgehead atoms. The fourth-order valence-electron chi connectivity index (χ4n) is 3.09. The molecule has 0 saturated carbocycles. The molecule has 1 atom stereocenters. The maximum atomic E-state index is 14.0. The Morgan fingerprint density at radius 3 is 2.21 bits per heavy atom. The molecule has 0 fully saturated rings. The second kappa shape index (κ2) is 8.06. The van der Waals surface area contributed by atoms with Gasteiger partial charge in [0.2, 0.25) is 5.91 Å². The van der Waals surface area contributed by atoms with E-state index < -0.39 is 23.7 Å². The number of benzene rings is 2. The number of halogens is 3. The molecular weight excluding hydrogens is 383 g/mol. The van der Waals surface area contributed by atoms with Gasteiger partial charge in [0, 0.05) is 18.5 Å². The van der Waals surface area contributed by atoms with E-state index in [-0.39, 0.29) is 18.8 Å². The smallest absolute Gasteiger partial charge is 0.316 e. The molecule has 29 heavy (non-hydrogen) atoms. The molecule has 0 unspecified atom stereocenters. The van der Waals surface area contributed by atoms with Crippen LogP contribution in [0.15, 0.2) is 65.7 Å². The van der Waals surface area contributed by atoms with Crippen LogP contribution in [0.2, 0.25) is 0 Å². The summed E-state index contributed by atoms with van der Waals surface area (Å²) in [5, 5.41) is 1.82. The number of rotatable bonds is 6. The summed E-state index contributed by atoms with van der Waals surface area (Å²) in [4.78, 5) is 29.6. The molecule has 1 aliphatic rings. The van der Waals surface area contributed by atoms with Crippen LogP contribution in [0.25, 0.3) is 0 Å². The summed E-state index contributed by atoms with van der Waals surface area (Å²) in [6, 6.07) is 17.3. The first kappa shape index (κ1) is 20.6. The number of hydrogen-bond acceptors (Lipinski definition) is 3. The maximum absolute atomic E-state index is 14.0. The minimum atomic E-state index is -5.09. The third-order valence-corrected chi connectivity index (χ3v) is 4.63. The van der Waals surface area contributed by atoms with Gasteiger partial charge in [-0.05, 0) is 12.0 Å². The monoisotopic (exact) mass is 403 g/mol. The number of amidine groups is 1. The fraction of sp³-hybridized carbons (Fsp3) is 0.286. The molecule has 1 heterocycles. The SMILES string of the molecule is CCC(=O)N[C@@]1(C(F)(F)F)N=C(c2ccccc2)N(CCc2ccccc2)C1=O. The van der Waals surface area contributed by atoms with E-state index >= 15 is 0 Å². The number of amides is 2. The molecule has 0 aromatic heterocycles. The van der Waals surface area contributed by atoms with Crippen molar-refractivity contribution in [3.05, 3.63) is 71.8 Å². The second-order valence-electron chi connectivity index (χ2n) is 6.60.